The van der Waals surface area contributed by atoms with Crippen LogP contribution in [-0.4, -0.2) is 79.1 Å². The van der Waals surface area contributed by atoms with Crippen molar-refractivity contribution in [2.75, 3.05) is 13.2 Å². The van der Waals surface area contributed by atoms with Gasteiger partial charge in [0.25, 0.3) is 0 Å². The van der Waals surface area contributed by atoms with Crippen molar-refractivity contribution in [2.45, 2.75) is 108 Å². The number of carbonyl (C=O) groups excluding carboxylic acids is 4. The van der Waals surface area contributed by atoms with E-state index in [0.29, 0.717) is 0 Å². The second kappa shape index (κ2) is 17.9. The Labute approximate surface area is 264 Å². The van der Waals surface area contributed by atoms with E-state index in [1.54, 1.807) is 24.3 Å². The molecule has 0 aromatic heterocycles. The Morgan fingerprint density at radius 3 is 1.61 bits per heavy atom. The number of carbonyl (C=O) groups is 4. The summed E-state index contributed by atoms with van der Waals surface area (Å²) in [4.78, 5) is 45.5. The number of esters is 4. The van der Waals surface area contributed by atoms with Crippen LogP contribution < -0.4 is 0 Å². The number of alkyl halides is 1. The largest absolute Gasteiger partial charge is 0.463 e. The molecule has 44 heavy (non-hydrogen) atoms. The first-order chi connectivity index (χ1) is 21.0. The van der Waals surface area contributed by atoms with Crippen LogP contribution in [0.3, 0.4) is 0 Å². The van der Waals surface area contributed by atoms with Gasteiger partial charge in [-0.2, -0.15) is 0 Å². The number of hydrogen-bond acceptors (Lipinski definition) is 10. The topological polar surface area (TPSA) is 124 Å². The minimum atomic E-state index is -0.662. The van der Waals surface area contributed by atoms with Crippen molar-refractivity contribution in [1.82, 2.24) is 0 Å². The van der Waals surface area contributed by atoms with Gasteiger partial charge in [-0.1, -0.05) is 30.1 Å². The van der Waals surface area contributed by atoms with Gasteiger partial charge in [0, 0.05) is 44.9 Å². The lowest BCUT2D eigenvalue weighted by molar-refractivity contribution is -0.162. The van der Waals surface area contributed by atoms with E-state index in [2.05, 4.69) is 23.7 Å². The van der Waals surface area contributed by atoms with Crippen molar-refractivity contribution in [1.29, 1.82) is 0 Å². The fraction of sp³-hybridized carbons (Fsp3) is 0.636. The molecule has 11 heteroatoms. The molecule has 2 aliphatic heterocycles. The van der Waals surface area contributed by atoms with E-state index in [4.69, 9.17) is 40.0 Å². The molecular weight excluding hydrogens is 592 g/mol. The van der Waals surface area contributed by atoms with Crippen LogP contribution in [0.2, 0.25) is 0 Å². The van der Waals surface area contributed by atoms with Gasteiger partial charge in [0.05, 0.1) is 0 Å². The zero-order valence-electron chi connectivity index (χ0n) is 25.6. The number of rotatable bonds is 6. The van der Waals surface area contributed by atoms with Gasteiger partial charge < -0.3 is 28.4 Å². The highest BCUT2D eigenvalue weighted by molar-refractivity contribution is 6.20. The lowest BCUT2D eigenvalue weighted by Crippen LogP contribution is -2.41. The molecule has 0 aromatic carbocycles. The van der Waals surface area contributed by atoms with Crippen LogP contribution in [0, 0.1) is 35.5 Å². The highest BCUT2D eigenvalue weighted by atomic mass is 35.5. The predicted molar refractivity (Wildman–Crippen MR) is 160 cm³/mol. The Bertz CT molecular complexity index is 1200. The van der Waals surface area contributed by atoms with Gasteiger partial charge >= 0.3 is 23.9 Å². The van der Waals surface area contributed by atoms with Crippen LogP contribution in [0.15, 0.2) is 24.3 Å². The van der Waals surface area contributed by atoms with Gasteiger partial charge in [0.1, 0.15) is 49.8 Å². The second-order valence-corrected chi connectivity index (χ2v) is 11.6. The van der Waals surface area contributed by atoms with E-state index in [1.807, 2.05) is 0 Å². The van der Waals surface area contributed by atoms with Crippen molar-refractivity contribution in [3.63, 3.8) is 0 Å². The van der Waals surface area contributed by atoms with Crippen molar-refractivity contribution in [3.8, 4) is 23.7 Å². The number of halogens is 1. The van der Waals surface area contributed by atoms with E-state index >= 15 is 0 Å². The predicted octanol–water partition coefficient (Wildman–Crippen LogP) is 3.82. The van der Waals surface area contributed by atoms with E-state index in [1.165, 1.54) is 27.7 Å². The summed E-state index contributed by atoms with van der Waals surface area (Å²) < 4.78 is 32.7. The summed E-state index contributed by atoms with van der Waals surface area (Å²) in [5.41, 5.74) is 0. The maximum atomic E-state index is 11.5. The fourth-order valence-electron chi connectivity index (χ4n) is 5.09. The molecular formula is C33H41ClO10. The summed E-state index contributed by atoms with van der Waals surface area (Å²) in [6.45, 7) is 5.14. The zero-order chi connectivity index (χ0) is 32.1. The van der Waals surface area contributed by atoms with Crippen LogP contribution in [0.25, 0.3) is 0 Å². The van der Waals surface area contributed by atoms with Crippen LogP contribution >= 0.6 is 11.6 Å². The molecule has 0 aromatic rings. The molecule has 1 saturated carbocycles. The molecule has 0 N–H and O–H groups in total. The highest BCUT2D eigenvalue weighted by Gasteiger charge is 2.31. The van der Waals surface area contributed by atoms with Gasteiger partial charge in [-0.25, -0.2) is 0 Å². The normalized spacial score (nSPS) is 31.7. The molecule has 1 fully saturated rings. The Morgan fingerprint density at radius 2 is 1.14 bits per heavy atom. The summed E-state index contributed by atoms with van der Waals surface area (Å²) in [6, 6.07) is 0. The smallest absolute Gasteiger partial charge is 0.303 e. The molecule has 0 radical (unpaired) electrons. The molecule has 0 spiro atoms. The summed E-state index contributed by atoms with van der Waals surface area (Å²) >= 11 is 6.72. The Kier molecular flexibility index (Phi) is 14.3. The van der Waals surface area contributed by atoms with Gasteiger partial charge in [-0.05, 0) is 56.4 Å². The molecule has 0 amide bonds. The quantitative estimate of drug-likeness (QED) is 0.140. The third kappa shape index (κ3) is 12.7. The minimum absolute atomic E-state index is 0.0448. The first kappa shape index (κ1) is 35.2. The fourth-order valence-corrected chi connectivity index (χ4v) is 5.43. The maximum absolute atomic E-state index is 11.5. The lowest BCUT2D eigenvalue weighted by atomic mass is 9.95. The first-order valence-electron chi connectivity index (χ1n) is 14.9. The average Bonchev–Trinajstić information content (AvgIpc) is 3.04. The minimum Gasteiger partial charge on any atom is -0.463 e. The first-order valence-corrected chi connectivity index (χ1v) is 15.4. The average molecular weight is 633 g/mol. The van der Waals surface area contributed by atoms with Crippen LogP contribution in [-0.2, 0) is 47.6 Å². The highest BCUT2D eigenvalue weighted by Crippen LogP contribution is 2.28. The molecule has 2 heterocycles. The lowest BCUT2D eigenvalue weighted by Gasteiger charge is -2.29. The zero-order valence-corrected chi connectivity index (χ0v) is 26.4. The van der Waals surface area contributed by atoms with E-state index in [9.17, 15) is 19.2 Å². The Morgan fingerprint density at radius 1 is 0.659 bits per heavy atom. The van der Waals surface area contributed by atoms with Crippen LogP contribution in [0.5, 0.6) is 0 Å². The van der Waals surface area contributed by atoms with Crippen LogP contribution in [0.1, 0.15) is 66.2 Å². The van der Waals surface area contributed by atoms with Crippen molar-refractivity contribution < 1.29 is 47.6 Å². The molecule has 3 unspecified atom stereocenters. The third-order valence-electron chi connectivity index (χ3n) is 7.17. The van der Waals surface area contributed by atoms with Crippen LogP contribution in [0.4, 0.5) is 0 Å². The summed E-state index contributed by atoms with van der Waals surface area (Å²) in [6.07, 6.45) is 8.29. The molecule has 1 aliphatic carbocycles. The maximum Gasteiger partial charge on any atom is 0.303 e. The number of hydrogen-bond donors (Lipinski definition) is 0. The summed E-state index contributed by atoms with van der Waals surface area (Å²) in [5, 5.41) is -0.0620. The van der Waals surface area contributed by atoms with Crippen molar-refractivity contribution in [3.05, 3.63) is 24.3 Å². The molecule has 3 aliphatic rings. The van der Waals surface area contributed by atoms with E-state index < -0.39 is 60.5 Å². The monoisotopic (exact) mass is 632 g/mol. The van der Waals surface area contributed by atoms with E-state index in [0.717, 1.165) is 38.5 Å². The summed E-state index contributed by atoms with van der Waals surface area (Å²) in [5.74, 6) is 11.4. The molecule has 240 valence electrons. The number of ether oxygens (including phenoxy) is 6. The molecule has 0 saturated heterocycles. The molecule has 0 bridgehead atoms. The van der Waals surface area contributed by atoms with Crippen molar-refractivity contribution >= 4 is 35.5 Å². The molecule has 3 rings (SSSR count). The van der Waals surface area contributed by atoms with Gasteiger partial charge in [-0.3, -0.25) is 19.2 Å². The van der Waals surface area contributed by atoms with Crippen molar-refractivity contribution in [2.24, 2.45) is 11.8 Å². The van der Waals surface area contributed by atoms with Gasteiger partial charge in [0.2, 0.25) is 0 Å². The molecule has 10 nitrogen and oxygen atoms in total. The third-order valence-corrected chi connectivity index (χ3v) is 7.56. The Hall–Kier alpha value is -3.31. The van der Waals surface area contributed by atoms with E-state index in [-0.39, 0.29) is 30.4 Å². The SMILES string of the molecule is CC(=O)OC[C@H]1O[C@H](C#CC2CCCC(C#C[C@@H]3C=C[C@H](OC(C)=O)[C@@H](COC(C)=O)O3)CC(Cl)CC2)C=C[C@@H]1OC(C)=O. The molecule has 9 atom stereocenters. The Balaban J connectivity index is 1.59. The van der Waals surface area contributed by atoms with Gasteiger partial charge in [0.15, 0.2) is 0 Å². The second-order valence-electron chi connectivity index (χ2n) is 11.0. The van der Waals surface area contributed by atoms with Gasteiger partial charge in [-0.15, -0.1) is 11.6 Å². The summed E-state index contributed by atoms with van der Waals surface area (Å²) in [7, 11) is 0. The standard InChI is InChI=1S/C33H41ClO10/c1-21(35)39-19-32-30(41-23(3)37)16-14-28(43-32)12-9-25-6-5-7-26(18-27(34)11-8-25)10-13-29-15-17-31(42-24(4)38)33(44-29)20-40-22(2)36/h14-17,25-33H,5-8,11,18-20H2,1-4H3/t25?,26?,27?,28-,29-,30+,31+,32-,33-/m1/s1.